The number of fused-ring (bicyclic) bond motifs is 4. The number of benzene rings is 3. The first-order valence-corrected chi connectivity index (χ1v) is 14.4. The monoisotopic (exact) mass is 553 g/mol. The van der Waals surface area contributed by atoms with Crippen LogP contribution in [0.3, 0.4) is 0 Å². The summed E-state index contributed by atoms with van der Waals surface area (Å²) in [5.74, 6) is 1.45. The Balaban J connectivity index is 1.15. The first-order chi connectivity index (χ1) is 20.0. The summed E-state index contributed by atoms with van der Waals surface area (Å²) >= 11 is 0. The van der Waals surface area contributed by atoms with Crippen molar-refractivity contribution in [3.05, 3.63) is 95.1 Å². The number of nitrogens with one attached hydrogen (secondary N) is 1. The van der Waals surface area contributed by atoms with E-state index in [1.807, 2.05) is 53.4 Å². The van der Waals surface area contributed by atoms with Crippen molar-refractivity contribution in [1.29, 1.82) is 0 Å². The number of ether oxygens (including phenoxy) is 2. The molecule has 3 aromatic carbocycles. The Bertz CT molecular complexity index is 1420. The number of amides is 3. The van der Waals surface area contributed by atoms with Gasteiger partial charge in [0.15, 0.2) is 0 Å². The lowest BCUT2D eigenvalue weighted by Gasteiger charge is -2.41. The highest BCUT2D eigenvalue weighted by atomic mass is 16.5. The predicted octanol–water partition coefficient (Wildman–Crippen LogP) is 4.09. The standard InChI is InChI=1S/C33H35N3O5/c37-30(26-7-9-27(10-8-26)31(38)36-17-19-40-20-18-36)35-15-12-33(13-16-35)23-25-4-2-6-29(22-25)41-28-5-1-3-24(21-28)11-14-34-32(33)39/h1-10,21-22H,11-20,23H2,(H,34,39). The van der Waals surface area contributed by atoms with Gasteiger partial charge in [0, 0.05) is 43.9 Å². The summed E-state index contributed by atoms with van der Waals surface area (Å²) in [4.78, 5) is 43.5. The van der Waals surface area contributed by atoms with Crippen LogP contribution in [0.2, 0.25) is 0 Å². The van der Waals surface area contributed by atoms with E-state index in [4.69, 9.17) is 9.47 Å². The van der Waals surface area contributed by atoms with E-state index < -0.39 is 5.41 Å². The fourth-order valence-corrected chi connectivity index (χ4v) is 6.03. The minimum atomic E-state index is -0.615. The van der Waals surface area contributed by atoms with Gasteiger partial charge >= 0.3 is 0 Å². The van der Waals surface area contributed by atoms with Gasteiger partial charge in [-0.2, -0.15) is 0 Å². The SMILES string of the molecule is O=C(c1ccc(C(=O)N2CCC3(CC2)Cc2cccc(c2)Oc2cccc(c2)CCNC3=O)cc1)N1CCOCC1. The Morgan fingerprint density at radius 3 is 1.93 bits per heavy atom. The fourth-order valence-electron chi connectivity index (χ4n) is 6.03. The Labute approximate surface area is 240 Å². The number of hydrogen-bond acceptors (Lipinski definition) is 5. The van der Waals surface area contributed by atoms with Gasteiger partial charge in [0.05, 0.1) is 18.6 Å². The summed E-state index contributed by atoms with van der Waals surface area (Å²) in [6.45, 7) is 3.75. The summed E-state index contributed by atoms with van der Waals surface area (Å²) in [6, 6.07) is 22.8. The van der Waals surface area contributed by atoms with E-state index in [0.717, 1.165) is 22.6 Å². The molecule has 2 saturated heterocycles. The van der Waals surface area contributed by atoms with Crippen molar-refractivity contribution in [3.63, 3.8) is 0 Å². The van der Waals surface area contributed by atoms with Crippen LogP contribution in [0.15, 0.2) is 72.8 Å². The van der Waals surface area contributed by atoms with Crippen LogP contribution in [0.4, 0.5) is 0 Å². The van der Waals surface area contributed by atoms with E-state index in [1.165, 1.54) is 0 Å². The van der Waals surface area contributed by atoms with Gasteiger partial charge in [0.2, 0.25) is 5.91 Å². The Morgan fingerprint density at radius 1 is 0.732 bits per heavy atom. The lowest BCUT2D eigenvalue weighted by molar-refractivity contribution is -0.133. The highest BCUT2D eigenvalue weighted by Gasteiger charge is 2.42. The van der Waals surface area contributed by atoms with Crippen LogP contribution >= 0.6 is 0 Å². The lowest BCUT2D eigenvalue weighted by Crippen LogP contribution is -2.51. The first kappa shape index (κ1) is 27.0. The van der Waals surface area contributed by atoms with E-state index in [-0.39, 0.29) is 17.7 Å². The normalized spacial score (nSPS) is 18.8. The Kier molecular flexibility index (Phi) is 7.74. The van der Waals surface area contributed by atoms with Gasteiger partial charge in [-0.1, -0.05) is 24.3 Å². The molecule has 0 atom stereocenters. The molecule has 3 amide bonds. The van der Waals surface area contributed by atoms with E-state index in [0.29, 0.717) is 82.7 Å². The largest absolute Gasteiger partial charge is 0.457 e. The van der Waals surface area contributed by atoms with Gasteiger partial charge in [0.1, 0.15) is 11.5 Å². The maximum absolute atomic E-state index is 13.7. The second-order valence-corrected chi connectivity index (χ2v) is 11.1. The first-order valence-electron chi connectivity index (χ1n) is 14.4. The molecule has 8 heteroatoms. The van der Waals surface area contributed by atoms with Crippen LogP contribution in [0, 0.1) is 5.41 Å². The van der Waals surface area contributed by atoms with Gasteiger partial charge in [-0.25, -0.2) is 0 Å². The highest BCUT2D eigenvalue weighted by molar-refractivity contribution is 5.98. The molecule has 2 fully saturated rings. The van der Waals surface area contributed by atoms with Crippen LogP contribution in [0.25, 0.3) is 0 Å². The summed E-state index contributed by atoms with van der Waals surface area (Å²) in [6.07, 6.45) is 2.42. The summed E-state index contributed by atoms with van der Waals surface area (Å²) < 4.78 is 11.5. The number of rotatable bonds is 2. The lowest BCUT2D eigenvalue weighted by atomic mass is 9.72. The quantitative estimate of drug-likeness (QED) is 0.517. The minimum absolute atomic E-state index is 0.0392. The summed E-state index contributed by atoms with van der Waals surface area (Å²) in [7, 11) is 0. The highest BCUT2D eigenvalue weighted by Crippen LogP contribution is 2.37. The maximum atomic E-state index is 13.7. The molecule has 0 unspecified atom stereocenters. The van der Waals surface area contributed by atoms with Gasteiger partial charge in [-0.05, 0) is 85.3 Å². The van der Waals surface area contributed by atoms with Crippen LogP contribution in [-0.4, -0.2) is 73.5 Å². The van der Waals surface area contributed by atoms with Crippen molar-refractivity contribution in [2.45, 2.75) is 25.7 Å². The van der Waals surface area contributed by atoms with Gasteiger partial charge < -0.3 is 24.6 Å². The zero-order valence-corrected chi connectivity index (χ0v) is 23.1. The maximum Gasteiger partial charge on any atom is 0.254 e. The molecular formula is C33H35N3O5. The van der Waals surface area contributed by atoms with Crippen LogP contribution in [-0.2, 0) is 22.4 Å². The van der Waals surface area contributed by atoms with Crippen molar-refractivity contribution >= 4 is 17.7 Å². The number of hydrogen-bond donors (Lipinski definition) is 1. The average molecular weight is 554 g/mol. The molecule has 0 radical (unpaired) electrons. The van der Waals surface area contributed by atoms with Crippen LogP contribution in [0.1, 0.15) is 44.7 Å². The second kappa shape index (κ2) is 11.7. The third-order valence-electron chi connectivity index (χ3n) is 8.44. The molecule has 0 aromatic heterocycles. The van der Waals surface area contributed by atoms with Crippen molar-refractivity contribution in [1.82, 2.24) is 15.1 Å². The molecule has 41 heavy (non-hydrogen) atoms. The third-order valence-corrected chi connectivity index (χ3v) is 8.44. The fraction of sp³-hybridized carbons (Fsp3) is 0.364. The van der Waals surface area contributed by atoms with E-state index in [9.17, 15) is 14.4 Å². The molecule has 3 aliphatic heterocycles. The van der Waals surface area contributed by atoms with Gasteiger partial charge in [-0.3, -0.25) is 14.4 Å². The Morgan fingerprint density at radius 2 is 1.29 bits per heavy atom. The van der Waals surface area contributed by atoms with E-state index in [2.05, 4.69) is 5.32 Å². The molecule has 8 nitrogen and oxygen atoms in total. The topological polar surface area (TPSA) is 88.2 Å². The van der Waals surface area contributed by atoms with Crippen LogP contribution < -0.4 is 10.1 Å². The number of likely N-dealkylation sites (tertiary alicyclic amines) is 1. The zero-order chi connectivity index (χ0) is 28.2. The number of carbonyl (C=O) groups excluding carboxylic acids is 3. The molecule has 3 aromatic rings. The van der Waals surface area contributed by atoms with E-state index >= 15 is 0 Å². The van der Waals surface area contributed by atoms with Crippen LogP contribution in [0.5, 0.6) is 11.5 Å². The number of morpholine rings is 1. The molecule has 212 valence electrons. The molecule has 1 spiro atoms. The van der Waals surface area contributed by atoms with Crippen molar-refractivity contribution < 1.29 is 23.9 Å². The molecular weight excluding hydrogens is 518 g/mol. The van der Waals surface area contributed by atoms with Crippen molar-refractivity contribution in [2.75, 3.05) is 45.9 Å². The molecule has 4 bridgehead atoms. The smallest absolute Gasteiger partial charge is 0.254 e. The molecule has 3 aliphatic rings. The third kappa shape index (κ3) is 5.98. The Hall–Kier alpha value is -4.17. The number of carbonyl (C=O) groups is 3. The molecule has 3 heterocycles. The molecule has 1 N–H and O–H groups in total. The molecule has 0 saturated carbocycles. The summed E-state index contributed by atoms with van der Waals surface area (Å²) in [5.41, 5.74) is 2.64. The zero-order valence-electron chi connectivity index (χ0n) is 23.1. The van der Waals surface area contributed by atoms with Gasteiger partial charge in [-0.15, -0.1) is 0 Å². The summed E-state index contributed by atoms with van der Waals surface area (Å²) in [5, 5.41) is 3.19. The average Bonchev–Trinajstić information content (AvgIpc) is 3.01. The van der Waals surface area contributed by atoms with Crippen molar-refractivity contribution in [3.8, 4) is 11.5 Å². The number of piperidine rings is 1. The number of nitrogens with zero attached hydrogens (tertiary/aromatic N) is 2. The molecule has 6 rings (SSSR count). The van der Waals surface area contributed by atoms with Crippen molar-refractivity contribution in [2.24, 2.45) is 5.41 Å². The minimum Gasteiger partial charge on any atom is -0.457 e. The molecule has 0 aliphatic carbocycles. The predicted molar refractivity (Wildman–Crippen MR) is 154 cm³/mol. The van der Waals surface area contributed by atoms with Gasteiger partial charge in [0.25, 0.3) is 11.8 Å². The second-order valence-electron chi connectivity index (χ2n) is 11.1. The van der Waals surface area contributed by atoms with E-state index in [1.54, 1.807) is 29.2 Å².